The van der Waals surface area contributed by atoms with Crippen molar-refractivity contribution in [3.8, 4) is 0 Å². The first kappa shape index (κ1) is 17.4. The average Bonchev–Trinajstić information content (AvgIpc) is 2.41. The topological polar surface area (TPSA) is 78.9 Å². The van der Waals surface area contributed by atoms with Gasteiger partial charge in [0.25, 0.3) is 0 Å². The fourth-order valence-electron chi connectivity index (χ4n) is 1.69. The lowest BCUT2D eigenvalue weighted by atomic mass is 10.2. The number of carboxylic acid groups (broad SMARTS) is 1. The van der Waals surface area contributed by atoms with Crippen LogP contribution in [0, 0.1) is 0 Å². The van der Waals surface area contributed by atoms with Crippen molar-refractivity contribution in [2.75, 3.05) is 32.6 Å². The molecule has 1 amide bonds. The second-order valence-electron chi connectivity index (χ2n) is 4.77. The van der Waals surface area contributed by atoms with Crippen LogP contribution >= 0.6 is 11.6 Å². The van der Waals surface area contributed by atoms with Gasteiger partial charge in [-0.15, -0.1) is 0 Å². The number of ether oxygens (including phenoxy) is 1. The molecule has 2 N–H and O–H groups in total. The molecule has 6 nitrogen and oxygen atoms in total. The quantitative estimate of drug-likeness (QED) is 0.804. The standard InChI is InChI=1S/C14H19ClN2O4/c1-9(8-21-3)17(2)7-13(18)16-12-6-10(14(19)20)4-5-11(12)15/h4-6,9H,7-8H2,1-3H3,(H,16,18)(H,19,20). The van der Waals surface area contributed by atoms with Crippen molar-refractivity contribution in [2.24, 2.45) is 0 Å². The van der Waals surface area contributed by atoms with E-state index in [0.717, 1.165) is 0 Å². The summed E-state index contributed by atoms with van der Waals surface area (Å²) in [5.41, 5.74) is 0.352. The van der Waals surface area contributed by atoms with Crippen molar-refractivity contribution >= 4 is 29.2 Å². The summed E-state index contributed by atoms with van der Waals surface area (Å²) in [6.07, 6.45) is 0. The lowest BCUT2D eigenvalue weighted by molar-refractivity contribution is -0.117. The van der Waals surface area contributed by atoms with Gasteiger partial charge >= 0.3 is 5.97 Å². The second-order valence-corrected chi connectivity index (χ2v) is 5.17. The molecule has 1 unspecified atom stereocenters. The number of carbonyl (C=O) groups is 2. The Morgan fingerprint density at radius 2 is 2.14 bits per heavy atom. The summed E-state index contributed by atoms with van der Waals surface area (Å²) in [7, 11) is 3.40. The van der Waals surface area contributed by atoms with Gasteiger partial charge in [-0.25, -0.2) is 4.79 Å². The number of hydrogen-bond acceptors (Lipinski definition) is 4. The van der Waals surface area contributed by atoms with Crippen LogP contribution < -0.4 is 5.32 Å². The molecule has 0 bridgehead atoms. The Bertz CT molecular complexity index is 522. The molecular formula is C14H19ClN2O4. The summed E-state index contributed by atoms with van der Waals surface area (Å²) in [5.74, 6) is -1.35. The van der Waals surface area contributed by atoms with Crippen molar-refractivity contribution in [2.45, 2.75) is 13.0 Å². The largest absolute Gasteiger partial charge is 0.478 e. The summed E-state index contributed by atoms with van der Waals surface area (Å²) < 4.78 is 5.03. The zero-order chi connectivity index (χ0) is 16.0. The van der Waals surface area contributed by atoms with Gasteiger partial charge in [0.05, 0.1) is 29.4 Å². The first-order chi connectivity index (χ1) is 9.85. The Kier molecular flexibility index (Phi) is 6.61. The maximum Gasteiger partial charge on any atom is 0.335 e. The number of nitrogens with one attached hydrogen (secondary N) is 1. The molecule has 0 spiro atoms. The summed E-state index contributed by atoms with van der Waals surface area (Å²) in [6.45, 7) is 2.60. The van der Waals surface area contributed by atoms with Crippen LogP contribution in [-0.4, -0.2) is 55.2 Å². The SMILES string of the molecule is COCC(C)N(C)CC(=O)Nc1cc(C(=O)O)ccc1Cl. The molecule has 0 radical (unpaired) electrons. The number of aromatic carboxylic acids is 1. The van der Waals surface area contributed by atoms with Gasteiger partial charge in [0.1, 0.15) is 0 Å². The third-order valence-electron chi connectivity index (χ3n) is 3.04. The summed E-state index contributed by atoms with van der Waals surface area (Å²) in [5, 5.41) is 11.8. The van der Waals surface area contributed by atoms with Crippen molar-refractivity contribution < 1.29 is 19.4 Å². The molecule has 0 aliphatic carbocycles. The van der Waals surface area contributed by atoms with E-state index in [0.29, 0.717) is 11.6 Å². The van der Waals surface area contributed by atoms with Crippen LogP contribution in [0.5, 0.6) is 0 Å². The van der Waals surface area contributed by atoms with E-state index < -0.39 is 5.97 Å². The molecule has 1 atom stereocenters. The third kappa shape index (κ3) is 5.34. The summed E-state index contributed by atoms with van der Waals surface area (Å²) in [6, 6.07) is 4.24. The number of hydrogen-bond donors (Lipinski definition) is 2. The van der Waals surface area contributed by atoms with Gasteiger partial charge in [0.15, 0.2) is 0 Å². The van der Waals surface area contributed by atoms with E-state index in [2.05, 4.69) is 5.32 Å². The van der Waals surface area contributed by atoms with Crippen molar-refractivity contribution in [3.63, 3.8) is 0 Å². The van der Waals surface area contributed by atoms with Crippen LogP contribution in [-0.2, 0) is 9.53 Å². The van der Waals surface area contributed by atoms with Crippen molar-refractivity contribution in [1.29, 1.82) is 0 Å². The van der Waals surface area contributed by atoms with E-state index in [1.165, 1.54) is 18.2 Å². The fraction of sp³-hybridized carbons (Fsp3) is 0.429. The highest BCUT2D eigenvalue weighted by Crippen LogP contribution is 2.23. The molecule has 0 aliphatic rings. The highest BCUT2D eigenvalue weighted by atomic mass is 35.5. The number of amides is 1. The lowest BCUT2D eigenvalue weighted by Gasteiger charge is -2.23. The molecular weight excluding hydrogens is 296 g/mol. The van der Waals surface area contributed by atoms with Crippen LogP contribution in [0.4, 0.5) is 5.69 Å². The Morgan fingerprint density at radius 3 is 2.71 bits per heavy atom. The predicted molar refractivity (Wildman–Crippen MR) is 81.0 cm³/mol. The van der Waals surface area contributed by atoms with E-state index in [4.69, 9.17) is 21.4 Å². The van der Waals surface area contributed by atoms with Gasteiger partial charge in [-0.2, -0.15) is 0 Å². The molecule has 21 heavy (non-hydrogen) atoms. The summed E-state index contributed by atoms with van der Waals surface area (Å²) in [4.78, 5) is 24.7. The molecule has 0 saturated carbocycles. The highest BCUT2D eigenvalue weighted by molar-refractivity contribution is 6.33. The fourth-order valence-corrected chi connectivity index (χ4v) is 1.86. The zero-order valence-corrected chi connectivity index (χ0v) is 13.0. The molecule has 1 aromatic carbocycles. The van der Waals surface area contributed by atoms with Crippen LogP contribution in [0.1, 0.15) is 17.3 Å². The van der Waals surface area contributed by atoms with E-state index in [1.807, 2.05) is 11.8 Å². The van der Waals surface area contributed by atoms with Crippen LogP contribution in [0.2, 0.25) is 5.02 Å². The molecule has 1 aromatic rings. The number of halogens is 1. The molecule has 7 heteroatoms. The smallest absolute Gasteiger partial charge is 0.335 e. The van der Waals surface area contributed by atoms with Gasteiger partial charge < -0.3 is 15.2 Å². The van der Waals surface area contributed by atoms with Crippen LogP contribution in [0.3, 0.4) is 0 Å². The number of benzene rings is 1. The maximum absolute atomic E-state index is 12.0. The Hall–Kier alpha value is -1.63. The van der Waals surface area contributed by atoms with Gasteiger partial charge in [-0.05, 0) is 32.2 Å². The van der Waals surface area contributed by atoms with Gasteiger partial charge in [-0.1, -0.05) is 11.6 Å². The number of nitrogens with zero attached hydrogens (tertiary/aromatic N) is 1. The molecule has 0 fully saturated rings. The molecule has 0 heterocycles. The molecule has 0 aliphatic heterocycles. The Morgan fingerprint density at radius 1 is 1.48 bits per heavy atom. The number of carboxylic acids is 1. The summed E-state index contributed by atoms with van der Waals surface area (Å²) >= 11 is 5.95. The monoisotopic (exact) mass is 314 g/mol. The third-order valence-corrected chi connectivity index (χ3v) is 3.37. The molecule has 116 valence electrons. The number of likely N-dealkylation sites (N-methyl/N-ethyl adjacent to an activating group) is 1. The minimum Gasteiger partial charge on any atom is -0.478 e. The van der Waals surface area contributed by atoms with Crippen LogP contribution in [0.15, 0.2) is 18.2 Å². The Labute approximate surface area is 128 Å². The van der Waals surface area contributed by atoms with Gasteiger partial charge in [0.2, 0.25) is 5.91 Å². The van der Waals surface area contributed by atoms with E-state index in [-0.39, 0.29) is 29.7 Å². The first-order valence-corrected chi connectivity index (χ1v) is 6.74. The number of methoxy groups -OCH3 is 1. The van der Waals surface area contributed by atoms with Gasteiger partial charge in [0, 0.05) is 13.2 Å². The zero-order valence-electron chi connectivity index (χ0n) is 12.2. The predicted octanol–water partition coefficient (Wildman–Crippen LogP) is 1.94. The molecule has 0 saturated heterocycles. The minimum absolute atomic E-state index is 0.0656. The number of anilines is 1. The number of rotatable bonds is 7. The maximum atomic E-state index is 12.0. The van der Waals surface area contributed by atoms with Gasteiger partial charge in [-0.3, -0.25) is 9.69 Å². The van der Waals surface area contributed by atoms with E-state index in [9.17, 15) is 9.59 Å². The Balaban J connectivity index is 2.70. The molecule has 1 rings (SSSR count). The lowest BCUT2D eigenvalue weighted by Crippen LogP contribution is -2.38. The van der Waals surface area contributed by atoms with Crippen molar-refractivity contribution in [1.82, 2.24) is 4.90 Å². The molecule has 0 aromatic heterocycles. The minimum atomic E-state index is -1.08. The second kappa shape index (κ2) is 7.97. The van der Waals surface area contributed by atoms with Crippen LogP contribution in [0.25, 0.3) is 0 Å². The van der Waals surface area contributed by atoms with E-state index in [1.54, 1.807) is 14.2 Å². The average molecular weight is 315 g/mol. The normalized spacial score (nSPS) is 12.2. The van der Waals surface area contributed by atoms with E-state index >= 15 is 0 Å². The number of carbonyl (C=O) groups excluding carboxylic acids is 1. The first-order valence-electron chi connectivity index (χ1n) is 6.37. The highest BCUT2D eigenvalue weighted by Gasteiger charge is 2.15. The van der Waals surface area contributed by atoms with Crippen molar-refractivity contribution in [3.05, 3.63) is 28.8 Å².